The first-order chi connectivity index (χ1) is 15.4. The molecule has 8 heteroatoms. The van der Waals surface area contributed by atoms with Crippen LogP contribution in [0, 0.1) is 20.8 Å². The summed E-state index contributed by atoms with van der Waals surface area (Å²) >= 11 is 1.50. The van der Waals surface area contributed by atoms with Crippen LogP contribution in [0.3, 0.4) is 0 Å². The van der Waals surface area contributed by atoms with Gasteiger partial charge >= 0.3 is 0 Å². The highest BCUT2D eigenvalue weighted by atomic mass is 32.2. The zero-order valence-electron chi connectivity index (χ0n) is 18.1. The minimum absolute atomic E-state index is 0.113. The molecule has 2 aromatic heterocycles. The van der Waals surface area contributed by atoms with Crippen molar-refractivity contribution in [1.82, 2.24) is 19.3 Å². The molecule has 32 heavy (non-hydrogen) atoms. The molecule has 1 aliphatic heterocycles. The van der Waals surface area contributed by atoms with Gasteiger partial charge in [0.05, 0.1) is 17.9 Å². The van der Waals surface area contributed by atoms with Crippen molar-refractivity contribution in [3.63, 3.8) is 0 Å². The van der Waals surface area contributed by atoms with E-state index in [1.807, 2.05) is 63.2 Å². The molecule has 1 N–H and O–H groups in total. The smallest absolute Gasteiger partial charge is 0.265 e. The summed E-state index contributed by atoms with van der Waals surface area (Å²) in [5.41, 5.74) is 5.35. The lowest BCUT2D eigenvalue weighted by molar-refractivity contribution is -0.116. The van der Waals surface area contributed by atoms with Crippen LogP contribution in [0.2, 0.25) is 0 Å². The quantitative estimate of drug-likeness (QED) is 0.477. The van der Waals surface area contributed by atoms with Crippen molar-refractivity contribution in [3.05, 3.63) is 75.7 Å². The van der Waals surface area contributed by atoms with Crippen LogP contribution in [0.5, 0.6) is 0 Å². The summed E-state index contributed by atoms with van der Waals surface area (Å²) in [6.07, 6.45) is 1.78. The lowest BCUT2D eigenvalue weighted by atomic mass is 10.1. The lowest BCUT2D eigenvalue weighted by Gasteiger charge is -2.14. The van der Waals surface area contributed by atoms with Gasteiger partial charge in [0.2, 0.25) is 5.91 Å². The number of benzene rings is 2. The Balaban J connectivity index is 1.44. The third-order valence-electron chi connectivity index (χ3n) is 5.73. The van der Waals surface area contributed by atoms with Crippen molar-refractivity contribution in [2.45, 2.75) is 38.4 Å². The molecule has 1 amide bonds. The molecule has 7 nitrogen and oxygen atoms in total. The molecule has 5 rings (SSSR count). The van der Waals surface area contributed by atoms with E-state index in [2.05, 4.69) is 10.4 Å². The Hall–Kier alpha value is -3.39. The van der Waals surface area contributed by atoms with Gasteiger partial charge in [0, 0.05) is 17.9 Å². The Morgan fingerprint density at radius 3 is 2.62 bits per heavy atom. The van der Waals surface area contributed by atoms with Crippen LogP contribution in [0.25, 0.3) is 16.7 Å². The van der Waals surface area contributed by atoms with Gasteiger partial charge in [-0.15, -0.1) is 0 Å². The number of carbonyl (C=O) groups excluding carboxylic acids is 1. The molecular formula is C24H23N5O2S. The fourth-order valence-electron chi connectivity index (χ4n) is 4.02. The van der Waals surface area contributed by atoms with Crippen molar-refractivity contribution in [2.75, 3.05) is 11.1 Å². The van der Waals surface area contributed by atoms with Crippen molar-refractivity contribution in [2.24, 2.45) is 0 Å². The number of carbonyl (C=O) groups is 1. The predicted molar refractivity (Wildman–Crippen MR) is 127 cm³/mol. The average Bonchev–Trinajstić information content (AvgIpc) is 3.36. The van der Waals surface area contributed by atoms with E-state index < -0.39 is 0 Å². The number of anilines is 1. The number of hydrogen-bond acceptors (Lipinski definition) is 5. The molecule has 1 unspecified atom stereocenters. The van der Waals surface area contributed by atoms with Gasteiger partial charge in [-0.1, -0.05) is 47.2 Å². The number of aryl methyl sites for hydroxylation is 3. The van der Waals surface area contributed by atoms with Crippen LogP contribution >= 0.6 is 11.8 Å². The molecule has 0 saturated carbocycles. The first-order valence-corrected chi connectivity index (χ1v) is 11.5. The third kappa shape index (κ3) is 3.60. The number of rotatable bonds is 4. The van der Waals surface area contributed by atoms with Gasteiger partial charge in [-0.25, -0.2) is 9.67 Å². The van der Waals surface area contributed by atoms with Gasteiger partial charge in [0.1, 0.15) is 5.39 Å². The van der Waals surface area contributed by atoms with E-state index in [4.69, 9.17) is 4.98 Å². The van der Waals surface area contributed by atoms with Crippen LogP contribution in [-0.2, 0) is 4.79 Å². The van der Waals surface area contributed by atoms with Gasteiger partial charge < -0.3 is 5.32 Å². The van der Waals surface area contributed by atoms with E-state index in [0.29, 0.717) is 21.9 Å². The zero-order chi connectivity index (χ0) is 22.4. The van der Waals surface area contributed by atoms with Gasteiger partial charge in [0.15, 0.2) is 10.8 Å². The van der Waals surface area contributed by atoms with Crippen LogP contribution in [0.15, 0.2) is 58.6 Å². The van der Waals surface area contributed by atoms with Crippen molar-refractivity contribution < 1.29 is 4.79 Å². The molecule has 4 aromatic rings. The second kappa shape index (κ2) is 7.94. The van der Waals surface area contributed by atoms with Gasteiger partial charge in [-0.05, 0) is 44.5 Å². The maximum Gasteiger partial charge on any atom is 0.265 e. The highest BCUT2D eigenvalue weighted by molar-refractivity contribution is 7.99. The van der Waals surface area contributed by atoms with Gasteiger partial charge in [-0.2, -0.15) is 5.10 Å². The Bertz CT molecular complexity index is 1400. The van der Waals surface area contributed by atoms with Crippen molar-refractivity contribution >= 4 is 34.4 Å². The molecule has 162 valence electrons. The predicted octanol–water partition coefficient (Wildman–Crippen LogP) is 4.18. The number of aromatic nitrogens is 4. The lowest BCUT2D eigenvalue weighted by Crippen LogP contribution is -2.27. The number of thioether (sulfide) groups is 1. The molecule has 0 bridgehead atoms. The average molecular weight is 446 g/mol. The van der Waals surface area contributed by atoms with Crippen molar-refractivity contribution in [3.8, 4) is 5.69 Å². The highest BCUT2D eigenvalue weighted by Gasteiger charge is 2.29. The molecule has 1 atom stereocenters. The van der Waals surface area contributed by atoms with Gasteiger partial charge in [0.25, 0.3) is 5.56 Å². The fraction of sp³-hybridized carbons (Fsp3) is 0.250. The molecule has 0 radical (unpaired) electrons. The second-order valence-electron chi connectivity index (χ2n) is 8.23. The molecule has 0 fully saturated rings. The van der Waals surface area contributed by atoms with E-state index in [9.17, 15) is 9.59 Å². The summed E-state index contributed by atoms with van der Waals surface area (Å²) in [6.45, 7) is 6.02. The summed E-state index contributed by atoms with van der Waals surface area (Å²) in [5, 5.41) is 8.47. The number of hydrogen-bond donors (Lipinski definition) is 1. The Kier molecular flexibility index (Phi) is 5.09. The number of amides is 1. The van der Waals surface area contributed by atoms with Crippen LogP contribution in [0.1, 0.15) is 29.2 Å². The molecule has 0 spiro atoms. The van der Waals surface area contributed by atoms with E-state index in [1.165, 1.54) is 11.8 Å². The highest BCUT2D eigenvalue weighted by Crippen LogP contribution is 2.33. The van der Waals surface area contributed by atoms with E-state index in [-0.39, 0.29) is 23.9 Å². The second-order valence-corrected chi connectivity index (χ2v) is 9.22. The van der Waals surface area contributed by atoms with Crippen LogP contribution < -0.4 is 10.9 Å². The summed E-state index contributed by atoms with van der Waals surface area (Å²) < 4.78 is 3.34. The maximum atomic E-state index is 13.3. The first-order valence-electron chi connectivity index (χ1n) is 10.5. The molecular weight excluding hydrogens is 422 g/mol. The summed E-state index contributed by atoms with van der Waals surface area (Å²) in [6, 6.07) is 13.6. The molecule has 0 aliphatic carbocycles. The monoisotopic (exact) mass is 445 g/mol. The minimum atomic E-state index is -0.243. The number of fused-ring (bicyclic) bond motifs is 2. The zero-order valence-corrected chi connectivity index (χ0v) is 18.9. The third-order valence-corrected chi connectivity index (χ3v) is 6.82. The number of nitrogens with zero attached hydrogens (tertiary/aromatic N) is 4. The fourth-order valence-corrected chi connectivity index (χ4v) is 5.16. The summed E-state index contributed by atoms with van der Waals surface area (Å²) in [5.74, 6) is 0.519. The SMILES string of the molecule is Cc1ccc(-n2ncc3c(=O)n4c(nc32)SCC4CC(=O)Nc2ccc(C)cc2C)cc1. The van der Waals surface area contributed by atoms with Crippen molar-refractivity contribution in [1.29, 1.82) is 0 Å². The molecule has 2 aromatic carbocycles. The van der Waals surface area contributed by atoms with Gasteiger partial charge in [-0.3, -0.25) is 14.2 Å². The molecule has 3 heterocycles. The van der Waals surface area contributed by atoms with Crippen LogP contribution in [0.4, 0.5) is 5.69 Å². The van der Waals surface area contributed by atoms with E-state index in [1.54, 1.807) is 15.4 Å². The maximum absolute atomic E-state index is 13.3. The normalized spacial score (nSPS) is 15.2. The largest absolute Gasteiger partial charge is 0.326 e. The number of nitrogens with one attached hydrogen (secondary N) is 1. The Morgan fingerprint density at radius 1 is 1.12 bits per heavy atom. The summed E-state index contributed by atoms with van der Waals surface area (Å²) in [7, 11) is 0. The summed E-state index contributed by atoms with van der Waals surface area (Å²) in [4.78, 5) is 30.8. The topological polar surface area (TPSA) is 81.8 Å². The van der Waals surface area contributed by atoms with E-state index in [0.717, 1.165) is 28.1 Å². The minimum Gasteiger partial charge on any atom is -0.326 e. The Labute approximate surface area is 189 Å². The van der Waals surface area contributed by atoms with Crippen LogP contribution in [-0.4, -0.2) is 31.0 Å². The molecule has 1 aliphatic rings. The standard InChI is InChI=1S/C24H23N5O2S/c1-14-4-7-17(8-5-14)29-22-19(12-25-29)23(31)28-18(13-32-24(28)27-22)11-21(30)26-20-9-6-15(2)10-16(20)3/h4-10,12,18H,11,13H2,1-3H3,(H,26,30). The molecule has 0 saturated heterocycles. The van der Waals surface area contributed by atoms with E-state index >= 15 is 0 Å². The Morgan fingerprint density at radius 2 is 1.88 bits per heavy atom. The first kappa shape index (κ1) is 20.5.